The molecule has 0 aliphatic rings. The predicted molar refractivity (Wildman–Crippen MR) is 170 cm³/mol. The summed E-state index contributed by atoms with van der Waals surface area (Å²) in [7, 11) is 0. The summed E-state index contributed by atoms with van der Waals surface area (Å²) in [6.45, 7) is 19.6. The minimum atomic E-state index is -0.374. The van der Waals surface area contributed by atoms with E-state index in [-0.39, 0.29) is 23.9 Å². The van der Waals surface area contributed by atoms with Crippen LogP contribution in [-0.2, 0) is 38.1 Å². The number of unbranched alkanes of at least 4 members (excludes halogenated alkanes) is 13. The quantitative estimate of drug-likeness (QED) is 0.0451. The first-order chi connectivity index (χ1) is 20.3. The van der Waals surface area contributed by atoms with Crippen molar-refractivity contribution in [2.45, 2.75) is 117 Å². The van der Waals surface area contributed by atoms with Crippen molar-refractivity contribution in [2.75, 3.05) is 26.4 Å². The van der Waals surface area contributed by atoms with Crippen LogP contribution in [0.5, 0.6) is 0 Å². The van der Waals surface area contributed by atoms with Crippen molar-refractivity contribution in [3.63, 3.8) is 0 Å². The lowest BCUT2D eigenvalue weighted by molar-refractivity contribution is -0.138. The second-order valence-electron chi connectivity index (χ2n) is 9.44. The number of hydrogen-bond donors (Lipinski definition) is 0. The van der Waals surface area contributed by atoms with E-state index in [0.29, 0.717) is 26.4 Å². The highest BCUT2D eigenvalue weighted by Gasteiger charge is 1.98. The van der Waals surface area contributed by atoms with Crippen LogP contribution in [-0.4, -0.2) is 50.3 Å². The van der Waals surface area contributed by atoms with Crippen LogP contribution in [0.2, 0.25) is 0 Å². The van der Waals surface area contributed by atoms with Crippen molar-refractivity contribution >= 4 is 23.9 Å². The zero-order valence-corrected chi connectivity index (χ0v) is 26.5. The zero-order valence-electron chi connectivity index (χ0n) is 26.5. The summed E-state index contributed by atoms with van der Waals surface area (Å²) in [5, 5.41) is 0. The molecule has 0 radical (unpaired) electrons. The van der Waals surface area contributed by atoms with Crippen molar-refractivity contribution in [1.29, 1.82) is 0 Å². The van der Waals surface area contributed by atoms with Gasteiger partial charge in [-0.05, 0) is 25.7 Å². The van der Waals surface area contributed by atoms with Crippen LogP contribution in [0.25, 0.3) is 0 Å². The van der Waals surface area contributed by atoms with Gasteiger partial charge in [-0.2, -0.15) is 0 Å². The molecule has 0 fully saturated rings. The lowest BCUT2D eigenvalue weighted by Crippen LogP contribution is -2.02. The van der Waals surface area contributed by atoms with Crippen LogP contribution < -0.4 is 0 Å². The highest BCUT2D eigenvalue weighted by molar-refractivity contribution is 5.82. The molecule has 0 N–H and O–H groups in total. The lowest BCUT2D eigenvalue weighted by Gasteiger charge is -2.03. The van der Waals surface area contributed by atoms with Crippen molar-refractivity contribution in [3.8, 4) is 0 Å². The van der Waals surface area contributed by atoms with E-state index in [2.05, 4.69) is 40.2 Å². The Morgan fingerprint density at radius 3 is 0.762 bits per heavy atom. The molecule has 0 spiro atoms. The maximum absolute atomic E-state index is 10.7. The maximum Gasteiger partial charge on any atom is 0.330 e. The molecular formula is C34H58O8. The molecule has 0 aromatic carbocycles. The molecule has 0 unspecified atom stereocenters. The second-order valence-corrected chi connectivity index (χ2v) is 9.44. The summed E-state index contributed by atoms with van der Waals surface area (Å²) in [6.07, 6.45) is 22.6. The first-order valence-electron chi connectivity index (χ1n) is 15.5. The van der Waals surface area contributed by atoms with E-state index < -0.39 is 0 Å². The van der Waals surface area contributed by atoms with Crippen LogP contribution in [0.1, 0.15) is 117 Å². The van der Waals surface area contributed by atoms with Crippen molar-refractivity contribution < 1.29 is 38.1 Å². The standard InChI is InChI=1S/C13H20O4.C11H20O2.C10H18O2/c1-3-12(14)16-10-8-6-5-7-9-11-17-13(15)4-2;1-3-5-6-7-8-9-10-13-11(12)4-2;1-3-5-6-7-8-9-12-10(11)4-2/h3-4H,1-2,5-11H2;4H,2-3,5-10H2,1H3;4H,2-3,5-9H2,1H3. The Balaban J connectivity index is -0.000000554. The first kappa shape index (κ1) is 43.3. The molecule has 0 amide bonds. The predicted octanol–water partition coefficient (Wildman–Crippen LogP) is 8.16. The van der Waals surface area contributed by atoms with E-state index in [1.165, 1.54) is 57.1 Å². The minimum absolute atomic E-state index is 0.312. The third-order valence-electron chi connectivity index (χ3n) is 5.68. The SMILES string of the molecule is C=CC(=O)OCCCCCCC.C=CC(=O)OCCCCCCCC.C=CC(=O)OCCCCCCCOC(=O)C=C. The smallest absolute Gasteiger partial charge is 0.330 e. The molecule has 0 aliphatic carbocycles. The normalized spacial score (nSPS) is 9.48. The number of hydrogen-bond acceptors (Lipinski definition) is 8. The number of ether oxygens (including phenoxy) is 4. The van der Waals surface area contributed by atoms with Gasteiger partial charge in [-0.15, -0.1) is 0 Å². The topological polar surface area (TPSA) is 105 Å². The molecule has 42 heavy (non-hydrogen) atoms. The third-order valence-corrected chi connectivity index (χ3v) is 5.68. The van der Waals surface area contributed by atoms with Gasteiger partial charge in [-0.3, -0.25) is 0 Å². The van der Waals surface area contributed by atoms with Crippen molar-refractivity contribution in [3.05, 3.63) is 50.6 Å². The summed E-state index contributed by atoms with van der Waals surface area (Å²) in [5.41, 5.74) is 0. The fourth-order valence-electron chi connectivity index (χ4n) is 3.25. The molecule has 0 saturated heterocycles. The maximum atomic E-state index is 10.7. The summed E-state index contributed by atoms with van der Waals surface area (Å²) >= 11 is 0. The molecule has 0 atom stereocenters. The molecule has 0 heterocycles. The minimum Gasteiger partial charge on any atom is -0.463 e. The van der Waals surface area contributed by atoms with Crippen molar-refractivity contribution in [1.82, 2.24) is 0 Å². The van der Waals surface area contributed by atoms with Crippen LogP contribution in [0.4, 0.5) is 0 Å². The van der Waals surface area contributed by atoms with Crippen LogP contribution in [0, 0.1) is 0 Å². The Hall–Kier alpha value is -3.16. The van der Waals surface area contributed by atoms with Gasteiger partial charge < -0.3 is 18.9 Å². The van der Waals surface area contributed by atoms with Gasteiger partial charge in [-0.1, -0.05) is 117 Å². The number of rotatable bonds is 25. The Kier molecular flexibility index (Phi) is 39.0. The van der Waals surface area contributed by atoms with E-state index in [4.69, 9.17) is 18.9 Å². The monoisotopic (exact) mass is 594 g/mol. The van der Waals surface area contributed by atoms with Gasteiger partial charge >= 0.3 is 23.9 Å². The average molecular weight is 595 g/mol. The van der Waals surface area contributed by atoms with E-state index in [1.807, 2.05) is 0 Å². The first-order valence-corrected chi connectivity index (χ1v) is 15.5. The number of carbonyl (C=O) groups excluding carboxylic acids is 4. The highest BCUT2D eigenvalue weighted by atomic mass is 16.5. The van der Waals surface area contributed by atoms with Crippen LogP contribution in [0.3, 0.4) is 0 Å². The Labute approximate surface area is 255 Å². The van der Waals surface area contributed by atoms with Gasteiger partial charge in [0.1, 0.15) is 0 Å². The molecule has 0 rings (SSSR count). The molecule has 8 nitrogen and oxygen atoms in total. The van der Waals surface area contributed by atoms with E-state index in [0.717, 1.165) is 69.9 Å². The van der Waals surface area contributed by atoms with Crippen LogP contribution >= 0.6 is 0 Å². The van der Waals surface area contributed by atoms with Gasteiger partial charge in [0.25, 0.3) is 0 Å². The number of esters is 4. The fourth-order valence-corrected chi connectivity index (χ4v) is 3.25. The van der Waals surface area contributed by atoms with Gasteiger partial charge in [-0.25, -0.2) is 19.2 Å². The molecule has 0 saturated carbocycles. The van der Waals surface area contributed by atoms with E-state index in [9.17, 15) is 19.2 Å². The van der Waals surface area contributed by atoms with Gasteiger partial charge in [0, 0.05) is 24.3 Å². The van der Waals surface area contributed by atoms with Gasteiger partial charge in [0.05, 0.1) is 26.4 Å². The Morgan fingerprint density at radius 2 is 0.571 bits per heavy atom. The Morgan fingerprint density at radius 1 is 0.381 bits per heavy atom. The Bertz CT molecular complexity index is 688. The molecular weight excluding hydrogens is 536 g/mol. The molecule has 0 aliphatic heterocycles. The van der Waals surface area contributed by atoms with Crippen molar-refractivity contribution in [2.24, 2.45) is 0 Å². The zero-order chi connectivity index (χ0) is 32.1. The molecule has 8 heteroatoms. The van der Waals surface area contributed by atoms with Crippen LogP contribution in [0.15, 0.2) is 50.6 Å². The lowest BCUT2D eigenvalue weighted by atomic mass is 10.1. The highest BCUT2D eigenvalue weighted by Crippen LogP contribution is 2.05. The summed E-state index contributed by atoms with van der Waals surface area (Å²) in [4.78, 5) is 42.5. The summed E-state index contributed by atoms with van der Waals surface area (Å²) in [5.74, 6) is -1.37. The second kappa shape index (κ2) is 37.8. The molecule has 0 bridgehead atoms. The fraction of sp³-hybridized carbons (Fsp3) is 0.647. The van der Waals surface area contributed by atoms with Gasteiger partial charge in [0.2, 0.25) is 0 Å². The molecule has 0 aromatic rings. The van der Waals surface area contributed by atoms with E-state index in [1.54, 1.807) is 0 Å². The average Bonchev–Trinajstić information content (AvgIpc) is 3.01. The summed E-state index contributed by atoms with van der Waals surface area (Å²) in [6, 6.07) is 0. The number of carbonyl (C=O) groups is 4. The molecule has 0 aromatic heterocycles. The molecule has 242 valence electrons. The third kappa shape index (κ3) is 41.3. The van der Waals surface area contributed by atoms with Gasteiger partial charge in [0.15, 0.2) is 0 Å². The van der Waals surface area contributed by atoms with E-state index >= 15 is 0 Å². The largest absolute Gasteiger partial charge is 0.463 e. The summed E-state index contributed by atoms with van der Waals surface area (Å²) < 4.78 is 19.3.